The molecule has 0 radical (unpaired) electrons. The highest BCUT2D eigenvalue weighted by atomic mass is 16.5. The summed E-state index contributed by atoms with van der Waals surface area (Å²) in [4.78, 5) is 8.52. The number of aryl methyl sites for hydroxylation is 2. The Labute approximate surface area is 148 Å². The molecule has 1 unspecified atom stereocenters. The number of methoxy groups -OCH3 is 1. The third kappa shape index (κ3) is 5.70. The molecule has 2 aromatic rings. The van der Waals surface area contributed by atoms with Gasteiger partial charge in [0, 0.05) is 13.1 Å². The second-order valence-corrected chi connectivity index (χ2v) is 5.66. The fourth-order valence-electron chi connectivity index (χ4n) is 2.18. The Bertz CT molecular complexity index is 693. The fourth-order valence-corrected chi connectivity index (χ4v) is 2.18. The van der Waals surface area contributed by atoms with Gasteiger partial charge in [-0.2, -0.15) is 0 Å². The number of hydrogen-bond donors (Lipinski definition) is 2. The lowest BCUT2D eigenvalue weighted by atomic mass is 10.3. The van der Waals surface area contributed by atoms with Crippen LogP contribution in [0.25, 0.3) is 0 Å². The summed E-state index contributed by atoms with van der Waals surface area (Å²) in [6.45, 7) is 6.88. The predicted octanol–water partition coefficient (Wildman–Crippen LogP) is 2.43. The number of ether oxygens (including phenoxy) is 2. The van der Waals surface area contributed by atoms with Crippen molar-refractivity contribution in [3.8, 4) is 11.5 Å². The van der Waals surface area contributed by atoms with Crippen LogP contribution < -0.4 is 20.1 Å². The number of nitrogens with zero attached hydrogens (tertiary/aromatic N) is 2. The summed E-state index contributed by atoms with van der Waals surface area (Å²) in [5.41, 5.74) is 0.903. The number of hydrogen-bond acceptors (Lipinski definition) is 5. The van der Waals surface area contributed by atoms with Crippen LogP contribution in [0.2, 0.25) is 0 Å². The van der Waals surface area contributed by atoms with Gasteiger partial charge >= 0.3 is 0 Å². The molecule has 2 N–H and O–H groups in total. The van der Waals surface area contributed by atoms with Gasteiger partial charge in [-0.1, -0.05) is 6.07 Å². The zero-order chi connectivity index (χ0) is 18.2. The maximum absolute atomic E-state index is 5.88. The van der Waals surface area contributed by atoms with Crippen molar-refractivity contribution < 1.29 is 13.9 Å². The lowest BCUT2D eigenvalue weighted by Gasteiger charge is -2.17. The SMILES string of the molecule is CN=C(NCc1nc(C)c(C)o1)NCC(C)Oc1cccc(OC)c1. The molecule has 0 aliphatic rings. The van der Waals surface area contributed by atoms with Gasteiger partial charge in [-0.25, -0.2) is 4.98 Å². The predicted molar refractivity (Wildman–Crippen MR) is 97.3 cm³/mol. The van der Waals surface area contributed by atoms with E-state index in [-0.39, 0.29) is 6.10 Å². The first-order chi connectivity index (χ1) is 12.0. The summed E-state index contributed by atoms with van der Waals surface area (Å²) in [5.74, 6) is 3.67. The first-order valence-corrected chi connectivity index (χ1v) is 8.20. The van der Waals surface area contributed by atoms with Gasteiger partial charge in [0.05, 0.1) is 25.9 Å². The van der Waals surface area contributed by atoms with Gasteiger partial charge in [-0.3, -0.25) is 4.99 Å². The second kappa shape index (κ2) is 8.96. The van der Waals surface area contributed by atoms with Crippen LogP contribution in [0.1, 0.15) is 24.3 Å². The Morgan fingerprint density at radius 3 is 2.68 bits per heavy atom. The average Bonchev–Trinajstić information content (AvgIpc) is 2.93. The quantitative estimate of drug-likeness (QED) is 0.592. The van der Waals surface area contributed by atoms with Gasteiger partial charge in [0.15, 0.2) is 5.96 Å². The van der Waals surface area contributed by atoms with E-state index in [4.69, 9.17) is 13.9 Å². The zero-order valence-electron chi connectivity index (χ0n) is 15.4. The molecule has 7 heteroatoms. The Morgan fingerprint density at radius 2 is 2.04 bits per heavy atom. The second-order valence-electron chi connectivity index (χ2n) is 5.66. The molecule has 0 fully saturated rings. The maximum Gasteiger partial charge on any atom is 0.214 e. The molecule has 0 saturated heterocycles. The molecule has 1 heterocycles. The number of guanidine groups is 1. The van der Waals surface area contributed by atoms with E-state index in [1.807, 2.05) is 45.0 Å². The van der Waals surface area contributed by atoms with Crippen molar-refractivity contribution in [1.29, 1.82) is 0 Å². The summed E-state index contributed by atoms with van der Waals surface area (Å²) in [7, 11) is 3.35. The van der Waals surface area contributed by atoms with Crippen molar-refractivity contribution in [1.82, 2.24) is 15.6 Å². The fraction of sp³-hybridized carbons (Fsp3) is 0.444. The molecule has 7 nitrogen and oxygen atoms in total. The molecule has 0 bridgehead atoms. The molecule has 0 aliphatic carbocycles. The summed E-state index contributed by atoms with van der Waals surface area (Å²) in [5, 5.41) is 6.39. The third-order valence-corrected chi connectivity index (χ3v) is 3.64. The number of aliphatic imine (C=N–C) groups is 1. The van der Waals surface area contributed by atoms with Gasteiger partial charge in [-0.15, -0.1) is 0 Å². The summed E-state index contributed by atoms with van der Waals surface area (Å²) in [6, 6.07) is 7.54. The lowest BCUT2D eigenvalue weighted by molar-refractivity contribution is 0.223. The van der Waals surface area contributed by atoms with Crippen LogP contribution in [0.4, 0.5) is 0 Å². The zero-order valence-corrected chi connectivity index (χ0v) is 15.4. The normalized spacial score (nSPS) is 12.6. The number of rotatable bonds is 7. The topological polar surface area (TPSA) is 80.9 Å². The van der Waals surface area contributed by atoms with Crippen LogP contribution in [-0.4, -0.2) is 37.7 Å². The molecule has 2 rings (SSSR count). The number of nitrogens with one attached hydrogen (secondary N) is 2. The van der Waals surface area contributed by atoms with Crippen molar-refractivity contribution in [2.24, 2.45) is 4.99 Å². The molecule has 1 aromatic carbocycles. The number of aromatic nitrogens is 1. The van der Waals surface area contributed by atoms with E-state index in [2.05, 4.69) is 20.6 Å². The van der Waals surface area contributed by atoms with Gasteiger partial charge < -0.3 is 24.5 Å². The van der Waals surface area contributed by atoms with Gasteiger partial charge in [0.2, 0.25) is 5.89 Å². The van der Waals surface area contributed by atoms with E-state index >= 15 is 0 Å². The summed E-state index contributed by atoms with van der Waals surface area (Å²) < 4.78 is 16.6. The highest BCUT2D eigenvalue weighted by Crippen LogP contribution is 2.19. The molecular formula is C18H26N4O3. The largest absolute Gasteiger partial charge is 0.497 e. The van der Waals surface area contributed by atoms with Crippen LogP contribution in [0, 0.1) is 13.8 Å². The summed E-state index contributed by atoms with van der Waals surface area (Å²) in [6.07, 6.45) is -0.0446. The van der Waals surface area contributed by atoms with E-state index in [9.17, 15) is 0 Å². The first kappa shape index (κ1) is 18.6. The van der Waals surface area contributed by atoms with E-state index < -0.39 is 0 Å². The van der Waals surface area contributed by atoms with Gasteiger partial charge in [0.25, 0.3) is 0 Å². The molecule has 25 heavy (non-hydrogen) atoms. The Kier molecular flexibility index (Phi) is 6.68. The van der Waals surface area contributed by atoms with Crippen LogP contribution in [0.5, 0.6) is 11.5 Å². The minimum Gasteiger partial charge on any atom is -0.497 e. The Morgan fingerprint density at radius 1 is 1.28 bits per heavy atom. The van der Waals surface area contributed by atoms with Crippen LogP contribution >= 0.6 is 0 Å². The molecule has 0 amide bonds. The maximum atomic E-state index is 5.88. The van der Waals surface area contributed by atoms with Crippen molar-refractivity contribution >= 4 is 5.96 Å². The molecule has 0 saturated carbocycles. The number of oxazole rings is 1. The monoisotopic (exact) mass is 346 g/mol. The molecule has 1 aromatic heterocycles. The minimum atomic E-state index is -0.0446. The molecule has 136 valence electrons. The van der Waals surface area contributed by atoms with Crippen molar-refractivity contribution in [2.75, 3.05) is 20.7 Å². The van der Waals surface area contributed by atoms with Crippen LogP contribution in [0.15, 0.2) is 33.7 Å². The lowest BCUT2D eigenvalue weighted by Crippen LogP contribution is -2.41. The number of benzene rings is 1. The van der Waals surface area contributed by atoms with Crippen molar-refractivity contribution in [3.63, 3.8) is 0 Å². The minimum absolute atomic E-state index is 0.0446. The van der Waals surface area contributed by atoms with Crippen molar-refractivity contribution in [3.05, 3.63) is 41.6 Å². The van der Waals surface area contributed by atoms with Gasteiger partial charge in [-0.05, 0) is 32.9 Å². The Balaban J connectivity index is 1.79. The van der Waals surface area contributed by atoms with Gasteiger partial charge in [0.1, 0.15) is 23.4 Å². The summed E-state index contributed by atoms with van der Waals surface area (Å²) >= 11 is 0. The van der Waals surface area contributed by atoms with E-state index in [1.54, 1.807) is 14.2 Å². The van der Waals surface area contributed by atoms with E-state index in [0.29, 0.717) is 24.9 Å². The van der Waals surface area contributed by atoms with E-state index in [0.717, 1.165) is 23.0 Å². The average molecular weight is 346 g/mol. The van der Waals surface area contributed by atoms with E-state index in [1.165, 1.54) is 0 Å². The molecule has 0 spiro atoms. The first-order valence-electron chi connectivity index (χ1n) is 8.20. The van der Waals surface area contributed by atoms with Crippen LogP contribution in [0.3, 0.4) is 0 Å². The molecule has 0 aliphatic heterocycles. The third-order valence-electron chi connectivity index (χ3n) is 3.64. The highest BCUT2D eigenvalue weighted by Gasteiger charge is 2.09. The van der Waals surface area contributed by atoms with Crippen molar-refractivity contribution in [2.45, 2.75) is 33.4 Å². The molecule has 1 atom stereocenters. The van der Waals surface area contributed by atoms with Crippen LogP contribution in [-0.2, 0) is 6.54 Å². The standard InChI is InChI=1S/C18H26N4O3/c1-12(24-16-8-6-7-15(9-16)23-5)10-20-18(19-4)21-11-17-22-13(2)14(3)25-17/h6-9,12H,10-11H2,1-5H3,(H2,19,20,21). The Hall–Kier alpha value is -2.70. The molecular weight excluding hydrogens is 320 g/mol. The smallest absolute Gasteiger partial charge is 0.214 e. The highest BCUT2D eigenvalue weighted by molar-refractivity contribution is 5.79.